The summed E-state index contributed by atoms with van der Waals surface area (Å²) in [5, 5.41) is 0. The molecule has 1 aromatic heterocycles. The monoisotopic (exact) mass is 323 g/mol. The minimum Gasteiger partial charge on any atom is -0.493 e. The van der Waals surface area contributed by atoms with Crippen molar-refractivity contribution in [2.45, 2.75) is 44.1 Å². The first-order valence-corrected chi connectivity index (χ1v) is 8.52. The highest BCUT2D eigenvalue weighted by Gasteiger charge is 2.44. The molecular weight excluding hydrogens is 302 g/mol. The number of pyridine rings is 1. The molecule has 4 nitrogen and oxygen atoms in total. The molecule has 2 heterocycles. The van der Waals surface area contributed by atoms with E-state index >= 15 is 0 Å². The second-order valence-electron chi connectivity index (χ2n) is 6.74. The smallest absolute Gasteiger partial charge is 0.167 e. The maximum absolute atomic E-state index is 12.6. The molecule has 0 amide bonds. The van der Waals surface area contributed by atoms with Crippen molar-refractivity contribution in [1.29, 1.82) is 0 Å². The summed E-state index contributed by atoms with van der Waals surface area (Å²) in [6.07, 6.45) is 9.17. The molecule has 2 aromatic rings. The number of fused-ring (bicyclic) bond motifs is 1. The van der Waals surface area contributed by atoms with Crippen molar-refractivity contribution < 1.29 is 14.3 Å². The molecule has 0 bridgehead atoms. The molecule has 1 spiro atoms. The second kappa shape index (κ2) is 5.93. The van der Waals surface area contributed by atoms with Crippen LogP contribution in [0.5, 0.6) is 11.5 Å². The number of carbonyl (C=O) groups is 1. The molecule has 24 heavy (non-hydrogen) atoms. The summed E-state index contributed by atoms with van der Waals surface area (Å²) in [6, 6.07) is 7.46. The van der Waals surface area contributed by atoms with E-state index < -0.39 is 0 Å². The fraction of sp³-hybridized carbons (Fsp3) is 0.400. The first-order valence-electron chi connectivity index (χ1n) is 8.52. The van der Waals surface area contributed by atoms with Crippen molar-refractivity contribution in [3.05, 3.63) is 53.3 Å². The molecule has 1 aliphatic heterocycles. The zero-order valence-corrected chi connectivity index (χ0v) is 13.9. The van der Waals surface area contributed by atoms with Crippen LogP contribution in [-0.4, -0.2) is 23.5 Å². The molecule has 1 aromatic carbocycles. The maximum Gasteiger partial charge on any atom is 0.167 e. The Labute approximate surface area is 141 Å². The van der Waals surface area contributed by atoms with E-state index in [2.05, 4.69) is 4.98 Å². The van der Waals surface area contributed by atoms with E-state index in [0.29, 0.717) is 12.0 Å². The van der Waals surface area contributed by atoms with Crippen LogP contribution < -0.4 is 9.47 Å². The average Bonchev–Trinajstić information content (AvgIpc) is 3.23. The number of methoxy groups -OCH3 is 1. The number of rotatable bonds is 4. The number of hydrogen-bond acceptors (Lipinski definition) is 4. The third kappa shape index (κ3) is 2.56. The van der Waals surface area contributed by atoms with Crippen LogP contribution in [0.15, 0.2) is 36.7 Å². The van der Waals surface area contributed by atoms with E-state index in [-0.39, 0.29) is 11.4 Å². The lowest BCUT2D eigenvalue weighted by molar-refractivity contribution is 0.0985. The summed E-state index contributed by atoms with van der Waals surface area (Å²) in [6.45, 7) is 0. The quantitative estimate of drug-likeness (QED) is 0.804. The summed E-state index contributed by atoms with van der Waals surface area (Å²) < 4.78 is 11.8. The third-order valence-electron chi connectivity index (χ3n) is 5.23. The predicted octanol–water partition coefficient (Wildman–Crippen LogP) is 3.76. The van der Waals surface area contributed by atoms with Gasteiger partial charge >= 0.3 is 0 Å². The third-order valence-corrected chi connectivity index (χ3v) is 5.23. The summed E-state index contributed by atoms with van der Waals surface area (Å²) in [4.78, 5) is 16.6. The fourth-order valence-electron chi connectivity index (χ4n) is 3.96. The van der Waals surface area contributed by atoms with Crippen molar-refractivity contribution in [2.24, 2.45) is 0 Å². The lowest BCUT2D eigenvalue weighted by Crippen LogP contribution is -2.30. The molecule has 1 saturated carbocycles. The van der Waals surface area contributed by atoms with Gasteiger partial charge in [0.05, 0.1) is 7.11 Å². The normalized spacial score (nSPS) is 17.5. The highest BCUT2D eigenvalue weighted by Crippen LogP contribution is 2.49. The van der Waals surface area contributed by atoms with Gasteiger partial charge in [-0.1, -0.05) is 6.07 Å². The molecule has 0 radical (unpaired) electrons. The zero-order valence-electron chi connectivity index (χ0n) is 13.9. The fourth-order valence-corrected chi connectivity index (χ4v) is 3.96. The maximum atomic E-state index is 12.6. The molecule has 0 saturated heterocycles. The van der Waals surface area contributed by atoms with Crippen LogP contribution in [0.2, 0.25) is 0 Å². The number of nitrogens with zero attached hydrogens (tertiary/aromatic N) is 1. The standard InChI is InChI=1S/C20H21NO3/c1-23-18-5-4-15(12-17(22)14-6-10-21-11-7-14)16-13-20(24-19(16)18)8-2-3-9-20/h4-7,10-11H,2-3,8-9,12-13H2,1H3. The van der Waals surface area contributed by atoms with Crippen molar-refractivity contribution >= 4 is 5.78 Å². The summed E-state index contributed by atoms with van der Waals surface area (Å²) in [5.74, 6) is 1.73. The van der Waals surface area contributed by atoms with Crippen molar-refractivity contribution in [2.75, 3.05) is 7.11 Å². The average molecular weight is 323 g/mol. The number of hydrogen-bond donors (Lipinski definition) is 0. The Hall–Kier alpha value is -2.36. The Morgan fingerprint density at radius 3 is 2.67 bits per heavy atom. The molecule has 124 valence electrons. The minimum atomic E-state index is -0.0779. The van der Waals surface area contributed by atoms with E-state index in [1.165, 1.54) is 12.8 Å². The summed E-state index contributed by atoms with van der Waals surface area (Å²) in [7, 11) is 1.67. The SMILES string of the molecule is COc1ccc(CC(=O)c2ccncc2)c2c1OC1(CCCC1)C2. The summed E-state index contributed by atoms with van der Waals surface area (Å²) >= 11 is 0. The lowest BCUT2D eigenvalue weighted by Gasteiger charge is -2.22. The van der Waals surface area contributed by atoms with Gasteiger partial charge in [0.15, 0.2) is 17.3 Å². The summed E-state index contributed by atoms with van der Waals surface area (Å²) in [5.41, 5.74) is 2.82. The molecule has 2 aliphatic rings. The van der Waals surface area contributed by atoms with E-state index in [9.17, 15) is 4.79 Å². The van der Waals surface area contributed by atoms with Gasteiger partial charge in [-0.2, -0.15) is 0 Å². The number of aromatic nitrogens is 1. The molecule has 0 atom stereocenters. The van der Waals surface area contributed by atoms with Gasteiger partial charge in [0.1, 0.15) is 5.60 Å². The van der Waals surface area contributed by atoms with Gasteiger partial charge in [-0.25, -0.2) is 0 Å². The van der Waals surface area contributed by atoms with Crippen LogP contribution in [0, 0.1) is 0 Å². The van der Waals surface area contributed by atoms with E-state index in [1.807, 2.05) is 12.1 Å². The Kier molecular flexibility index (Phi) is 3.75. The zero-order chi connectivity index (χ0) is 16.6. The Balaban J connectivity index is 1.66. The van der Waals surface area contributed by atoms with Crippen molar-refractivity contribution in [1.82, 2.24) is 4.98 Å². The van der Waals surface area contributed by atoms with Crippen LogP contribution in [0.4, 0.5) is 0 Å². The first kappa shape index (κ1) is 15.2. The van der Waals surface area contributed by atoms with E-state index in [4.69, 9.17) is 9.47 Å². The van der Waals surface area contributed by atoms with Gasteiger partial charge < -0.3 is 9.47 Å². The first-order chi connectivity index (χ1) is 11.7. The molecule has 1 aliphatic carbocycles. The number of ether oxygens (including phenoxy) is 2. The minimum absolute atomic E-state index is 0.0779. The van der Waals surface area contributed by atoms with Crippen LogP contribution in [0.25, 0.3) is 0 Å². The van der Waals surface area contributed by atoms with Crippen LogP contribution in [-0.2, 0) is 12.8 Å². The predicted molar refractivity (Wildman–Crippen MR) is 90.8 cm³/mol. The lowest BCUT2D eigenvalue weighted by atomic mass is 9.90. The molecule has 4 heteroatoms. The number of benzene rings is 1. The highest BCUT2D eigenvalue weighted by molar-refractivity contribution is 5.97. The van der Waals surface area contributed by atoms with Crippen LogP contribution in [0.3, 0.4) is 0 Å². The van der Waals surface area contributed by atoms with Gasteiger partial charge in [0, 0.05) is 36.4 Å². The highest BCUT2D eigenvalue weighted by atomic mass is 16.5. The second-order valence-corrected chi connectivity index (χ2v) is 6.74. The Morgan fingerprint density at radius 2 is 1.96 bits per heavy atom. The number of carbonyl (C=O) groups excluding carboxylic acids is 1. The van der Waals surface area contributed by atoms with Gasteiger partial charge in [-0.3, -0.25) is 9.78 Å². The Morgan fingerprint density at radius 1 is 1.21 bits per heavy atom. The van der Waals surface area contributed by atoms with Gasteiger partial charge in [0.25, 0.3) is 0 Å². The molecule has 0 unspecified atom stereocenters. The molecular formula is C20H21NO3. The van der Waals surface area contributed by atoms with E-state index in [1.54, 1.807) is 31.6 Å². The number of Topliss-reactive ketones (excluding diaryl/α,β-unsaturated/α-hetero) is 1. The molecule has 4 rings (SSSR count). The van der Waals surface area contributed by atoms with Crippen LogP contribution in [0.1, 0.15) is 47.2 Å². The Bertz CT molecular complexity index is 764. The van der Waals surface area contributed by atoms with Gasteiger partial charge in [0.2, 0.25) is 0 Å². The largest absolute Gasteiger partial charge is 0.493 e. The van der Waals surface area contributed by atoms with Crippen molar-refractivity contribution in [3.8, 4) is 11.5 Å². The van der Waals surface area contributed by atoms with Crippen molar-refractivity contribution in [3.63, 3.8) is 0 Å². The van der Waals surface area contributed by atoms with Gasteiger partial charge in [-0.05, 0) is 49.4 Å². The van der Waals surface area contributed by atoms with Gasteiger partial charge in [-0.15, -0.1) is 0 Å². The molecule has 1 fully saturated rings. The number of ketones is 1. The topological polar surface area (TPSA) is 48.4 Å². The molecule has 0 N–H and O–H groups in total. The van der Waals surface area contributed by atoms with E-state index in [0.717, 1.165) is 41.9 Å². The van der Waals surface area contributed by atoms with Crippen LogP contribution >= 0.6 is 0 Å².